The Kier molecular flexibility index (Phi) is 9.83. The van der Waals surface area contributed by atoms with Gasteiger partial charge in [-0.1, -0.05) is 0 Å². The molecule has 138 valence electrons. The fourth-order valence-corrected chi connectivity index (χ4v) is 2.20. The van der Waals surface area contributed by atoms with E-state index in [1.54, 1.807) is 13.4 Å². The molecular weight excluding hydrogens is 433 g/mol. The van der Waals surface area contributed by atoms with Crippen LogP contribution in [0.2, 0.25) is 0 Å². The van der Waals surface area contributed by atoms with E-state index in [1.165, 1.54) is 0 Å². The minimum absolute atomic E-state index is 0. The number of anilines is 1. The van der Waals surface area contributed by atoms with Crippen molar-refractivity contribution in [3.05, 3.63) is 42.4 Å². The molecule has 0 aliphatic carbocycles. The van der Waals surface area contributed by atoms with Gasteiger partial charge in [0.2, 0.25) is 0 Å². The van der Waals surface area contributed by atoms with Crippen LogP contribution in [-0.2, 0) is 6.42 Å². The van der Waals surface area contributed by atoms with E-state index in [-0.39, 0.29) is 24.0 Å². The minimum Gasteiger partial charge on any atom is -0.493 e. The van der Waals surface area contributed by atoms with Gasteiger partial charge in [-0.3, -0.25) is 4.99 Å². The van der Waals surface area contributed by atoms with Crippen LogP contribution in [0, 0.1) is 0 Å². The summed E-state index contributed by atoms with van der Waals surface area (Å²) in [6.45, 7) is 5.97. The highest BCUT2D eigenvalue weighted by molar-refractivity contribution is 14.0. The molecule has 2 rings (SSSR count). The van der Waals surface area contributed by atoms with Crippen LogP contribution in [0.4, 0.5) is 5.69 Å². The number of hydrogen-bond acceptors (Lipinski definition) is 4. The molecule has 1 heterocycles. The number of ether oxygens (including phenoxy) is 2. The Morgan fingerprint density at radius 1 is 1.20 bits per heavy atom. The topological polar surface area (TPSA) is 68.0 Å². The second-order valence-electron chi connectivity index (χ2n) is 5.01. The third-order valence-electron chi connectivity index (χ3n) is 3.28. The molecular formula is C18H26IN3O3. The van der Waals surface area contributed by atoms with Crippen molar-refractivity contribution in [3.63, 3.8) is 0 Å². The fraction of sp³-hybridized carbons (Fsp3) is 0.389. The third-order valence-corrected chi connectivity index (χ3v) is 3.28. The monoisotopic (exact) mass is 459 g/mol. The number of nitrogens with zero attached hydrogens (tertiary/aromatic N) is 1. The molecule has 0 aliphatic rings. The zero-order valence-corrected chi connectivity index (χ0v) is 17.2. The second kappa shape index (κ2) is 11.6. The maximum absolute atomic E-state index is 5.60. The summed E-state index contributed by atoms with van der Waals surface area (Å²) < 4.78 is 16.2. The number of methoxy groups -OCH3 is 1. The summed E-state index contributed by atoms with van der Waals surface area (Å²) in [7, 11) is 1.63. The predicted molar refractivity (Wildman–Crippen MR) is 112 cm³/mol. The van der Waals surface area contributed by atoms with E-state index in [0.29, 0.717) is 24.7 Å². The lowest BCUT2D eigenvalue weighted by Crippen LogP contribution is -2.30. The maximum atomic E-state index is 5.60. The molecule has 6 nitrogen and oxygen atoms in total. The Morgan fingerprint density at radius 3 is 2.68 bits per heavy atom. The Balaban J connectivity index is 0.00000312. The molecule has 0 saturated carbocycles. The average Bonchev–Trinajstić information content (AvgIpc) is 3.09. The van der Waals surface area contributed by atoms with E-state index < -0.39 is 0 Å². The Bertz CT molecular complexity index is 645. The number of halogens is 1. The van der Waals surface area contributed by atoms with Crippen LogP contribution in [0.15, 0.2) is 46.0 Å². The van der Waals surface area contributed by atoms with Crippen LogP contribution >= 0.6 is 24.0 Å². The van der Waals surface area contributed by atoms with E-state index in [1.807, 2.05) is 44.2 Å². The number of hydrogen-bond donors (Lipinski definition) is 2. The van der Waals surface area contributed by atoms with Gasteiger partial charge in [-0.25, -0.2) is 0 Å². The van der Waals surface area contributed by atoms with Crippen molar-refractivity contribution in [3.8, 4) is 11.5 Å². The smallest absolute Gasteiger partial charge is 0.195 e. The number of rotatable bonds is 8. The molecule has 0 amide bonds. The Labute approximate surface area is 166 Å². The number of furan rings is 1. The van der Waals surface area contributed by atoms with Gasteiger partial charge in [0.15, 0.2) is 17.5 Å². The van der Waals surface area contributed by atoms with Crippen molar-refractivity contribution in [2.24, 2.45) is 4.99 Å². The predicted octanol–water partition coefficient (Wildman–Crippen LogP) is 3.93. The van der Waals surface area contributed by atoms with Crippen molar-refractivity contribution in [1.29, 1.82) is 0 Å². The quantitative estimate of drug-likeness (QED) is 0.356. The van der Waals surface area contributed by atoms with E-state index in [2.05, 4.69) is 15.6 Å². The van der Waals surface area contributed by atoms with Crippen molar-refractivity contribution >= 4 is 35.6 Å². The van der Waals surface area contributed by atoms with Gasteiger partial charge in [-0.05, 0) is 38.1 Å². The first-order valence-electron chi connectivity index (χ1n) is 8.15. The van der Waals surface area contributed by atoms with Gasteiger partial charge in [0.25, 0.3) is 0 Å². The molecule has 1 aromatic heterocycles. The van der Waals surface area contributed by atoms with Crippen molar-refractivity contribution < 1.29 is 13.9 Å². The van der Waals surface area contributed by atoms with Crippen molar-refractivity contribution in [2.75, 3.05) is 32.1 Å². The molecule has 2 N–H and O–H groups in total. The summed E-state index contributed by atoms with van der Waals surface area (Å²) in [5.41, 5.74) is 0.886. The summed E-state index contributed by atoms with van der Waals surface area (Å²) in [4.78, 5) is 4.56. The van der Waals surface area contributed by atoms with Gasteiger partial charge in [-0.2, -0.15) is 0 Å². The molecule has 0 aliphatic heterocycles. The van der Waals surface area contributed by atoms with E-state index in [9.17, 15) is 0 Å². The SMILES string of the molecule is CCNC(=NCCc1ccco1)Nc1ccc(OC)c(OCC)c1.I. The largest absolute Gasteiger partial charge is 0.493 e. The zero-order chi connectivity index (χ0) is 17.2. The zero-order valence-electron chi connectivity index (χ0n) is 14.9. The number of benzene rings is 1. The highest BCUT2D eigenvalue weighted by Gasteiger charge is 2.07. The summed E-state index contributed by atoms with van der Waals surface area (Å²) in [5, 5.41) is 6.51. The van der Waals surface area contributed by atoms with Crippen LogP contribution < -0.4 is 20.1 Å². The van der Waals surface area contributed by atoms with Crippen LogP contribution in [0.3, 0.4) is 0 Å². The first-order chi connectivity index (χ1) is 11.8. The molecule has 0 atom stereocenters. The summed E-state index contributed by atoms with van der Waals surface area (Å²) in [5.74, 6) is 3.06. The Morgan fingerprint density at radius 2 is 2.04 bits per heavy atom. The highest BCUT2D eigenvalue weighted by Crippen LogP contribution is 2.30. The summed E-state index contributed by atoms with van der Waals surface area (Å²) in [6, 6.07) is 9.55. The Hall–Kier alpha value is -1.90. The van der Waals surface area contributed by atoms with Crippen LogP contribution in [0.25, 0.3) is 0 Å². The molecule has 0 saturated heterocycles. The lowest BCUT2D eigenvalue weighted by molar-refractivity contribution is 0.311. The molecule has 7 heteroatoms. The van der Waals surface area contributed by atoms with E-state index in [4.69, 9.17) is 13.9 Å². The van der Waals surface area contributed by atoms with Crippen LogP contribution in [0.5, 0.6) is 11.5 Å². The average molecular weight is 459 g/mol. The molecule has 0 radical (unpaired) electrons. The molecule has 25 heavy (non-hydrogen) atoms. The molecule has 0 bridgehead atoms. The molecule has 0 fully saturated rings. The van der Waals surface area contributed by atoms with Gasteiger partial charge in [0.1, 0.15) is 5.76 Å². The van der Waals surface area contributed by atoms with Crippen molar-refractivity contribution in [2.45, 2.75) is 20.3 Å². The number of guanidine groups is 1. The third kappa shape index (κ3) is 6.85. The van der Waals surface area contributed by atoms with Crippen LogP contribution in [0.1, 0.15) is 19.6 Å². The van der Waals surface area contributed by atoms with Crippen molar-refractivity contribution in [1.82, 2.24) is 5.32 Å². The summed E-state index contributed by atoms with van der Waals surface area (Å²) in [6.07, 6.45) is 2.44. The van der Waals surface area contributed by atoms with Gasteiger partial charge in [-0.15, -0.1) is 24.0 Å². The van der Waals surface area contributed by atoms with E-state index in [0.717, 1.165) is 30.4 Å². The molecule has 1 aromatic carbocycles. The lowest BCUT2D eigenvalue weighted by Gasteiger charge is -2.14. The normalized spacial score (nSPS) is 10.8. The first kappa shape index (κ1) is 21.1. The number of nitrogens with one attached hydrogen (secondary N) is 2. The minimum atomic E-state index is 0. The fourth-order valence-electron chi connectivity index (χ4n) is 2.20. The first-order valence-corrected chi connectivity index (χ1v) is 8.15. The van der Waals surface area contributed by atoms with Gasteiger partial charge < -0.3 is 24.5 Å². The summed E-state index contributed by atoms with van der Waals surface area (Å²) >= 11 is 0. The second-order valence-corrected chi connectivity index (χ2v) is 5.01. The van der Waals surface area contributed by atoms with Gasteiger partial charge in [0, 0.05) is 31.3 Å². The van der Waals surface area contributed by atoms with Crippen LogP contribution in [-0.4, -0.2) is 32.8 Å². The lowest BCUT2D eigenvalue weighted by atomic mass is 10.2. The van der Waals surface area contributed by atoms with E-state index >= 15 is 0 Å². The number of aliphatic imine (C=N–C) groups is 1. The molecule has 0 unspecified atom stereocenters. The highest BCUT2D eigenvalue weighted by atomic mass is 127. The standard InChI is InChI=1S/C18H25N3O3.HI/c1-4-19-18(20-11-10-15-7-6-12-24-15)21-14-8-9-16(22-3)17(13-14)23-5-2;/h6-9,12-13H,4-5,10-11H2,1-3H3,(H2,19,20,21);1H. The van der Waals surface area contributed by atoms with Gasteiger partial charge >= 0.3 is 0 Å². The maximum Gasteiger partial charge on any atom is 0.195 e. The van der Waals surface area contributed by atoms with Gasteiger partial charge in [0.05, 0.1) is 20.0 Å². The molecule has 2 aromatic rings. The molecule has 0 spiro atoms.